The van der Waals surface area contributed by atoms with E-state index in [9.17, 15) is 0 Å². The number of hydrogen-bond acceptors (Lipinski definition) is 3. The normalized spacial score (nSPS) is 17.1. The van der Waals surface area contributed by atoms with Gasteiger partial charge in [0.25, 0.3) is 0 Å². The van der Waals surface area contributed by atoms with E-state index in [1.54, 1.807) is 0 Å². The van der Waals surface area contributed by atoms with Crippen LogP contribution >= 0.6 is 0 Å². The summed E-state index contributed by atoms with van der Waals surface area (Å²) in [4.78, 5) is 4.28. The van der Waals surface area contributed by atoms with Gasteiger partial charge in [0.1, 0.15) is 0 Å². The second-order valence-corrected chi connectivity index (χ2v) is 5.60. The number of pyridine rings is 1. The van der Waals surface area contributed by atoms with Gasteiger partial charge in [0.2, 0.25) is 0 Å². The zero-order chi connectivity index (χ0) is 15.5. The summed E-state index contributed by atoms with van der Waals surface area (Å²) in [5.41, 5.74) is 4.58. The minimum Gasteiger partial charge on any atom is -0.264 e. The van der Waals surface area contributed by atoms with Crippen LogP contribution < -0.4 is 5.01 Å². The van der Waals surface area contributed by atoms with Crippen LogP contribution in [0.4, 0.5) is 5.69 Å². The number of aromatic nitrogens is 1. The third-order valence-electron chi connectivity index (χ3n) is 4.11. The summed E-state index contributed by atoms with van der Waals surface area (Å²) >= 11 is 0. The Morgan fingerprint density at radius 3 is 2.26 bits per heavy atom. The predicted octanol–water partition coefficient (Wildman–Crippen LogP) is 4.44. The Bertz CT molecular complexity index is 798. The summed E-state index contributed by atoms with van der Waals surface area (Å²) in [5.74, 6) is 0. The largest absolute Gasteiger partial charge is 0.264 e. The highest BCUT2D eigenvalue weighted by molar-refractivity contribution is 6.03. The molecule has 0 unspecified atom stereocenters. The van der Waals surface area contributed by atoms with Crippen molar-refractivity contribution in [2.75, 3.05) is 5.01 Å². The van der Waals surface area contributed by atoms with Gasteiger partial charge in [-0.1, -0.05) is 54.6 Å². The number of para-hydroxylation sites is 1. The van der Waals surface area contributed by atoms with Gasteiger partial charge in [0.15, 0.2) is 0 Å². The molecule has 0 spiro atoms. The highest BCUT2D eigenvalue weighted by atomic mass is 15.5. The van der Waals surface area contributed by atoms with Crippen LogP contribution in [0.1, 0.15) is 23.6 Å². The molecule has 0 bridgehead atoms. The van der Waals surface area contributed by atoms with Gasteiger partial charge in [-0.2, -0.15) is 5.10 Å². The van der Waals surface area contributed by atoms with Gasteiger partial charge in [-0.25, -0.2) is 0 Å². The average Bonchev–Trinajstić information content (AvgIpc) is 3.09. The number of benzene rings is 2. The van der Waals surface area contributed by atoms with Crippen LogP contribution in [0.25, 0.3) is 0 Å². The van der Waals surface area contributed by atoms with Crippen LogP contribution in [-0.2, 0) is 0 Å². The fourth-order valence-corrected chi connectivity index (χ4v) is 2.97. The lowest BCUT2D eigenvalue weighted by atomic mass is 9.99. The molecule has 4 rings (SSSR count). The van der Waals surface area contributed by atoms with Gasteiger partial charge >= 0.3 is 0 Å². The van der Waals surface area contributed by atoms with Gasteiger partial charge in [-0.3, -0.25) is 9.99 Å². The van der Waals surface area contributed by atoms with E-state index >= 15 is 0 Å². The van der Waals surface area contributed by atoms with Crippen molar-refractivity contribution in [3.63, 3.8) is 0 Å². The second kappa shape index (κ2) is 6.05. The SMILES string of the molecule is c1ccc(C2=NN(c3ccccc3)[C@@H](c3cccnc3)C2)cc1. The van der Waals surface area contributed by atoms with Crippen LogP contribution in [0.15, 0.2) is 90.3 Å². The summed E-state index contributed by atoms with van der Waals surface area (Å²) in [6.45, 7) is 0. The quantitative estimate of drug-likeness (QED) is 0.715. The molecule has 1 aromatic heterocycles. The molecule has 1 atom stereocenters. The van der Waals surface area contributed by atoms with Crippen LogP contribution in [0.2, 0.25) is 0 Å². The average molecular weight is 299 g/mol. The van der Waals surface area contributed by atoms with E-state index in [0.717, 1.165) is 17.8 Å². The first-order valence-electron chi connectivity index (χ1n) is 7.79. The summed E-state index contributed by atoms with van der Waals surface area (Å²) < 4.78 is 0. The third-order valence-corrected chi connectivity index (χ3v) is 4.11. The second-order valence-electron chi connectivity index (χ2n) is 5.60. The van der Waals surface area contributed by atoms with Crippen LogP contribution in [0, 0.1) is 0 Å². The molecule has 0 aliphatic carbocycles. The van der Waals surface area contributed by atoms with Crippen molar-refractivity contribution in [3.8, 4) is 0 Å². The first kappa shape index (κ1) is 13.7. The van der Waals surface area contributed by atoms with E-state index in [1.165, 1.54) is 11.1 Å². The van der Waals surface area contributed by atoms with Gasteiger partial charge in [-0.05, 0) is 29.3 Å². The molecule has 0 saturated carbocycles. The standard InChI is InChI=1S/C20H17N3/c1-3-8-16(9-4-1)19-14-20(17-10-7-13-21-15-17)23(22-19)18-11-5-2-6-12-18/h1-13,15,20H,14H2/t20-/m1/s1. The summed E-state index contributed by atoms with van der Waals surface area (Å²) in [6.07, 6.45) is 4.62. The molecule has 0 amide bonds. The molecule has 23 heavy (non-hydrogen) atoms. The highest BCUT2D eigenvalue weighted by Crippen LogP contribution is 2.36. The minimum atomic E-state index is 0.182. The van der Waals surface area contributed by atoms with Gasteiger partial charge in [-0.15, -0.1) is 0 Å². The zero-order valence-electron chi connectivity index (χ0n) is 12.7. The maximum atomic E-state index is 4.91. The fraction of sp³-hybridized carbons (Fsp3) is 0.100. The summed E-state index contributed by atoms with van der Waals surface area (Å²) in [6, 6.07) is 25.0. The monoisotopic (exact) mass is 299 g/mol. The maximum absolute atomic E-state index is 4.91. The number of hydrogen-bond donors (Lipinski definition) is 0. The number of anilines is 1. The van der Waals surface area contributed by atoms with E-state index in [-0.39, 0.29) is 6.04 Å². The Morgan fingerprint density at radius 2 is 1.57 bits per heavy atom. The first-order chi connectivity index (χ1) is 11.4. The van der Waals surface area contributed by atoms with E-state index in [4.69, 9.17) is 5.10 Å². The first-order valence-corrected chi connectivity index (χ1v) is 7.79. The van der Waals surface area contributed by atoms with Crippen molar-refractivity contribution in [1.82, 2.24) is 4.98 Å². The van der Waals surface area contributed by atoms with E-state index < -0.39 is 0 Å². The van der Waals surface area contributed by atoms with Crippen LogP contribution in [-0.4, -0.2) is 10.7 Å². The Hall–Kier alpha value is -2.94. The number of nitrogens with zero attached hydrogens (tertiary/aromatic N) is 3. The Morgan fingerprint density at radius 1 is 0.826 bits per heavy atom. The molecular formula is C20H17N3. The Kier molecular flexibility index (Phi) is 3.60. The molecule has 3 nitrogen and oxygen atoms in total. The molecule has 2 aromatic carbocycles. The maximum Gasteiger partial charge on any atom is 0.0846 e. The van der Waals surface area contributed by atoms with Crippen molar-refractivity contribution in [3.05, 3.63) is 96.3 Å². The number of hydrazone groups is 1. The molecule has 1 aliphatic heterocycles. The van der Waals surface area contributed by atoms with Crippen molar-refractivity contribution in [1.29, 1.82) is 0 Å². The summed E-state index contributed by atoms with van der Waals surface area (Å²) in [7, 11) is 0. The van der Waals surface area contributed by atoms with E-state index in [0.29, 0.717) is 0 Å². The smallest absolute Gasteiger partial charge is 0.0846 e. The van der Waals surface area contributed by atoms with Gasteiger partial charge in [0, 0.05) is 18.8 Å². The molecule has 0 fully saturated rings. The van der Waals surface area contributed by atoms with E-state index in [2.05, 4.69) is 52.5 Å². The van der Waals surface area contributed by atoms with Crippen LogP contribution in [0.5, 0.6) is 0 Å². The Balaban J connectivity index is 1.75. The van der Waals surface area contributed by atoms with Gasteiger partial charge in [0.05, 0.1) is 17.4 Å². The third kappa shape index (κ3) is 2.73. The van der Waals surface area contributed by atoms with Crippen molar-refractivity contribution in [2.45, 2.75) is 12.5 Å². The van der Waals surface area contributed by atoms with Crippen molar-refractivity contribution < 1.29 is 0 Å². The number of rotatable bonds is 3. The molecule has 3 heteroatoms. The molecule has 0 radical (unpaired) electrons. The molecule has 3 aromatic rings. The van der Waals surface area contributed by atoms with Crippen molar-refractivity contribution >= 4 is 11.4 Å². The highest BCUT2D eigenvalue weighted by Gasteiger charge is 2.29. The molecule has 1 aliphatic rings. The molecule has 2 heterocycles. The molecule has 0 saturated heterocycles. The van der Waals surface area contributed by atoms with E-state index in [1.807, 2.05) is 42.7 Å². The predicted molar refractivity (Wildman–Crippen MR) is 93.5 cm³/mol. The zero-order valence-corrected chi connectivity index (χ0v) is 12.7. The van der Waals surface area contributed by atoms with Gasteiger partial charge < -0.3 is 0 Å². The molecule has 0 N–H and O–H groups in total. The topological polar surface area (TPSA) is 28.5 Å². The lowest BCUT2D eigenvalue weighted by Crippen LogP contribution is -2.18. The molecular weight excluding hydrogens is 282 g/mol. The lowest BCUT2D eigenvalue weighted by Gasteiger charge is -2.23. The molecule has 112 valence electrons. The lowest BCUT2D eigenvalue weighted by molar-refractivity contribution is 0.705. The van der Waals surface area contributed by atoms with Crippen LogP contribution in [0.3, 0.4) is 0 Å². The van der Waals surface area contributed by atoms with Crippen molar-refractivity contribution in [2.24, 2.45) is 5.10 Å². The minimum absolute atomic E-state index is 0.182. The summed E-state index contributed by atoms with van der Waals surface area (Å²) in [5, 5.41) is 7.02. The fourth-order valence-electron chi connectivity index (χ4n) is 2.97. The Labute approximate surface area is 135 Å².